The summed E-state index contributed by atoms with van der Waals surface area (Å²) < 4.78 is 0. The predicted molar refractivity (Wildman–Crippen MR) is 49.0 cm³/mol. The second-order valence-corrected chi connectivity index (χ2v) is 4.70. The fourth-order valence-corrected chi connectivity index (χ4v) is 2.58. The van der Waals surface area contributed by atoms with E-state index in [-0.39, 0.29) is 11.7 Å². The molecule has 1 unspecified atom stereocenters. The van der Waals surface area contributed by atoms with Crippen LogP contribution in [0, 0.1) is 0 Å². The Morgan fingerprint density at radius 3 is 2.54 bits per heavy atom. The summed E-state index contributed by atoms with van der Waals surface area (Å²) in [5, 5.41) is 3.43. The Kier molecular flexibility index (Phi) is 1.36. The average molecular weight is 180 g/mol. The molecule has 1 atom stereocenters. The number of hydrogen-bond acceptors (Lipinski definition) is 2. The molecule has 1 saturated heterocycles. The molecule has 1 amide bonds. The second kappa shape index (κ2) is 2.27. The van der Waals surface area contributed by atoms with Crippen LogP contribution in [0.4, 0.5) is 0 Å². The monoisotopic (exact) mass is 180 g/mol. The fourth-order valence-electron chi connectivity index (χ4n) is 2.58. The molecule has 0 aromatic rings. The first kappa shape index (κ1) is 7.80. The maximum atomic E-state index is 12.0. The number of rotatable bonds is 1. The van der Waals surface area contributed by atoms with E-state index in [4.69, 9.17) is 0 Å². The van der Waals surface area contributed by atoms with E-state index in [0.29, 0.717) is 11.9 Å². The van der Waals surface area contributed by atoms with Crippen molar-refractivity contribution in [3.8, 4) is 0 Å². The standard InChI is InChI=1S/C10H16N2O/c1-7-11-10(5-6-10)9(13)12(7)8-3-2-4-8/h7-8,11H,2-6H2,1H3. The van der Waals surface area contributed by atoms with Crippen molar-refractivity contribution in [2.24, 2.45) is 0 Å². The third-order valence-electron chi connectivity index (χ3n) is 3.76. The molecule has 3 aliphatic rings. The van der Waals surface area contributed by atoms with Gasteiger partial charge >= 0.3 is 0 Å². The van der Waals surface area contributed by atoms with Crippen LogP contribution in [0.5, 0.6) is 0 Å². The summed E-state index contributed by atoms with van der Waals surface area (Å²) in [6.07, 6.45) is 6.12. The molecule has 1 aliphatic heterocycles. The van der Waals surface area contributed by atoms with Crippen LogP contribution in [0.3, 0.4) is 0 Å². The van der Waals surface area contributed by atoms with Gasteiger partial charge in [0.05, 0.1) is 11.7 Å². The maximum absolute atomic E-state index is 12.0. The third-order valence-corrected chi connectivity index (χ3v) is 3.76. The van der Waals surface area contributed by atoms with Gasteiger partial charge in [-0.2, -0.15) is 0 Å². The zero-order chi connectivity index (χ0) is 9.05. The van der Waals surface area contributed by atoms with Crippen molar-refractivity contribution in [1.29, 1.82) is 0 Å². The average Bonchev–Trinajstić information content (AvgIpc) is 2.71. The van der Waals surface area contributed by atoms with E-state index in [0.717, 1.165) is 12.8 Å². The van der Waals surface area contributed by atoms with Gasteiger partial charge in [0.15, 0.2) is 0 Å². The molecule has 1 heterocycles. The van der Waals surface area contributed by atoms with Gasteiger partial charge < -0.3 is 4.90 Å². The topological polar surface area (TPSA) is 32.3 Å². The molecule has 1 N–H and O–H groups in total. The smallest absolute Gasteiger partial charge is 0.244 e. The number of nitrogens with zero attached hydrogens (tertiary/aromatic N) is 1. The fraction of sp³-hybridized carbons (Fsp3) is 0.900. The van der Waals surface area contributed by atoms with Crippen molar-refractivity contribution in [3.63, 3.8) is 0 Å². The van der Waals surface area contributed by atoms with Crippen molar-refractivity contribution in [2.45, 2.75) is 56.8 Å². The number of carbonyl (C=O) groups excluding carboxylic acids is 1. The van der Waals surface area contributed by atoms with Gasteiger partial charge in [-0.15, -0.1) is 0 Å². The number of nitrogens with one attached hydrogen (secondary N) is 1. The molecule has 72 valence electrons. The maximum Gasteiger partial charge on any atom is 0.244 e. The minimum absolute atomic E-state index is 0.102. The van der Waals surface area contributed by atoms with E-state index >= 15 is 0 Å². The molecule has 2 aliphatic carbocycles. The lowest BCUT2D eigenvalue weighted by Crippen LogP contribution is -2.46. The Hall–Kier alpha value is -0.570. The van der Waals surface area contributed by atoms with Crippen molar-refractivity contribution >= 4 is 5.91 Å². The molecule has 3 rings (SSSR count). The Balaban J connectivity index is 1.82. The molecule has 3 heteroatoms. The largest absolute Gasteiger partial charge is 0.323 e. The summed E-state index contributed by atoms with van der Waals surface area (Å²) in [4.78, 5) is 14.1. The van der Waals surface area contributed by atoms with Gasteiger partial charge in [0.25, 0.3) is 0 Å². The van der Waals surface area contributed by atoms with Crippen LogP contribution in [-0.2, 0) is 4.79 Å². The van der Waals surface area contributed by atoms with Crippen molar-refractivity contribution < 1.29 is 4.79 Å². The van der Waals surface area contributed by atoms with Crippen LogP contribution in [0.25, 0.3) is 0 Å². The van der Waals surface area contributed by atoms with Gasteiger partial charge in [-0.25, -0.2) is 0 Å². The van der Waals surface area contributed by atoms with E-state index in [1.54, 1.807) is 0 Å². The van der Waals surface area contributed by atoms with E-state index < -0.39 is 0 Å². The summed E-state index contributed by atoms with van der Waals surface area (Å²) >= 11 is 0. The molecule has 1 spiro atoms. The molecule has 0 bridgehead atoms. The van der Waals surface area contributed by atoms with Crippen LogP contribution >= 0.6 is 0 Å². The van der Waals surface area contributed by atoms with Crippen LogP contribution < -0.4 is 5.32 Å². The first-order valence-electron chi connectivity index (χ1n) is 5.33. The second-order valence-electron chi connectivity index (χ2n) is 4.70. The SMILES string of the molecule is CC1NC2(CC2)C(=O)N1C1CCC1. The van der Waals surface area contributed by atoms with Gasteiger partial charge in [-0.05, 0) is 39.0 Å². The zero-order valence-electron chi connectivity index (χ0n) is 8.05. The summed E-state index contributed by atoms with van der Waals surface area (Å²) in [6.45, 7) is 2.11. The molecule has 3 nitrogen and oxygen atoms in total. The van der Waals surface area contributed by atoms with Gasteiger partial charge in [0.2, 0.25) is 5.91 Å². The van der Waals surface area contributed by atoms with Crippen molar-refractivity contribution in [1.82, 2.24) is 10.2 Å². The van der Waals surface area contributed by atoms with Crippen molar-refractivity contribution in [3.05, 3.63) is 0 Å². The molecular weight excluding hydrogens is 164 g/mol. The first-order chi connectivity index (χ1) is 6.23. The van der Waals surface area contributed by atoms with Crippen molar-refractivity contribution in [2.75, 3.05) is 0 Å². The Bertz CT molecular complexity index is 256. The summed E-state index contributed by atoms with van der Waals surface area (Å²) in [5.74, 6) is 0.379. The highest BCUT2D eigenvalue weighted by Gasteiger charge is 2.59. The number of hydrogen-bond donors (Lipinski definition) is 1. The third kappa shape index (κ3) is 0.909. The van der Waals surface area contributed by atoms with Crippen LogP contribution in [-0.4, -0.2) is 28.6 Å². The Morgan fingerprint density at radius 1 is 1.46 bits per heavy atom. The highest BCUT2D eigenvalue weighted by Crippen LogP contribution is 2.44. The van der Waals surface area contributed by atoms with Crippen LogP contribution in [0.1, 0.15) is 39.0 Å². The lowest BCUT2D eigenvalue weighted by molar-refractivity contribution is -0.134. The van der Waals surface area contributed by atoms with Crippen LogP contribution in [0.2, 0.25) is 0 Å². The van der Waals surface area contributed by atoms with Gasteiger partial charge in [0.1, 0.15) is 0 Å². The van der Waals surface area contributed by atoms with E-state index in [9.17, 15) is 4.79 Å². The molecule has 3 fully saturated rings. The summed E-state index contributed by atoms with van der Waals surface area (Å²) in [7, 11) is 0. The van der Waals surface area contributed by atoms with Gasteiger partial charge in [-0.3, -0.25) is 10.1 Å². The first-order valence-corrected chi connectivity index (χ1v) is 5.33. The van der Waals surface area contributed by atoms with E-state index in [1.807, 2.05) is 0 Å². The molecule has 0 aromatic heterocycles. The number of carbonyl (C=O) groups is 1. The van der Waals surface area contributed by atoms with Gasteiger partial charge in [0, 0.05) is 6.04 Å². The van der Waals surface area contributed by atoms with E-state index in [1.165, 1.54) is 19.3 Å². The summed E-state index contributed by atoms with van der Waals surface area (Å²) in [6, 6.07) is 0.551. The highest BCUT2D eigenvalue weighted by molar-refractivity contribution is 5.92. The molecule has 0 aromatic carbocycles. The molecule has 2 saturated carbocycles. The minimum atomic E-state index is -0.102. The normalized spacial score (nSPS) is 36.8. The quantitative estimate of drug-likeness (QED) is 0.649. The molecule has 13 heavy (non-hydrogen) atoms. The van der Waals surface area contributed by atoms with Crippen LogP contribution in [0.15, 0.2) is 0 Å². The minimum Gasteiger partial charge on any atom is -0.323 e. The number of amides is 1. The highest BCUT2D eigenvalue weighted by atomic mass is 16.2. The molecule has 0 radical (unpaired) electrons. The lowest BCUT2D eigenvalue weighted by atomic mass is 9.91. The molecular formula is C10H16N2O. The van der Waals surface area contributed by atoms with E-state index in [2.05, 4.69) is 17.1 Å². The summed E-state index contributed by atoms with van der Waals surface area (Å²) in [5.41, 5.74) is -0.102. The van der Waals surface area contributed by atoms with Gasteiger partial charge in [-0.1, -0.05) is 0 Å². The zero-order valence-corrected chi connectivity index (χ0v) is 8.05. The predicted octanol–water partition coefficient (Wildman–Crippen LogP) is 0.849. The Morgan fingerprint density at radius 2 is 2.15 bits per heavy atom. The Labute approximate surface area is 78.5 Å². The lowest BCUT2D eigenvalue weighted by Gasteiger charge is -2.37.